The van der Waals surface area contributed by atoms with Crippen LogP contribution in [0.5, 0.6) is 5.75 Å². The minimum Gasteiger partial charge on any atom is -0.460 e. The van der Waals surface area contributed by atoms with E-state index in [1.165, 1.54) is 0 Å². The number of nitrogens with two attached hydrogens (primary N) is 1. The van der Waals surface area contributed by atoms with Crippen molar-refractivity contribution in [3.8, 4) is 17.0 Å². The number of anilines is 1. The van der Waals surface area contributed by atoms with Crippen LogP contribution in [0.3, 0.4) is 0 Å². The van der Waals surface area contributed by atoms with E-state index in [9.17, 15) is 4.39 Å². The Kier molecular flexibility index (Phi) is 2.42. The second kappa shape index (κ2) is 4.18. The molecule has 0 bridgehead atoms. The molecule has 2 aromatic heterocycles. The van der Waals surface area contributed by atoms with Crippen LogP contribution in [-0.4, -0.2) is 20.7 Å². The van der Waals surface area contributed by atoms with Gasteiger partial charge in [-0.05, 0) is 19.1 Å². The lowest BCUT2D eigenvalue weighted by atomic mass is 10.0. The summed E-state index contributed by atoms with van der Waals surface area (Å²) in [4.78, 5) is 8.66. The minimum absolute atomic E-state index is 0.240. The molecule has 1 aliphatic heterocycles. The Morgan fingerprint density at radius 1 is 1.38 bits per heavy atom. The Bertz CT molecular complexity index is 858. The van der Waals surface area contributed by atoms with Crippen LogP contribution in [0.1, 0.15) is 11.4 Å². The number of rotatable bonds is 1. The molecule has 1 unspecified atom stereocenters. The molecule has 6 heteroatoms. The number of hydrogen-bond acceptors (Lipinski definition) is 4. The van der Waals surface area contributed by atoms with Gasteiger partial charge in [-0.2, -0.15) is 0 Å². The summed E-state index contributed by atoms with van der Waals surface area (Å²) in [5.74, 6) is 1.72. The van der Waals surface area contributed by atoms with Gasteiger partial charge < -0.3 is 10.5 Å². The molecule has 2 N–H and O–H groups in total. The summed E-state index contributed by atoms with van der Waals surface area (Å²) in [6.45, 7) is 1.87. The van der Waals surface area contributed by atoms with Gasteiger partial charge in [-0.15, -0.1) is 0 Å². The van der Waals surface area contributed by atoms with Crippen molar-refractivity contribution in [1.29, 1.82) is 0 Å². The average molecular weight is 284 g/mol. The summed E-state index contributed by atoms with van der Waals surface area (Å²) in [6.07, 6.45) is 0.597. The Balaban J connectivity index is 2.01. The standard InChI is InChI=1S/C15H13FN4O/c1-8-19-14(11-5-6-18-15(17)20(8)11)9-3-2-4-12-10(9)7-13(16)21-12/h2-6,13H,7H2,1H3,(H2,17,18). The van der Waals surface area contributed by atoms with Crippen molar-refractivity contribution in [2.24, 2.45) is 0 Å². The zero-order valence-corrected chi connectivity index (χ0v) is 11.4. The van der Waals surface area contributed by atoms with Crippen molar-refractivity contribution in [2.75, 3.05) is 5.73 Å². The van der Waals surface area contributed by atoms with Gasteiger partial charge >= 0.3 is 0 Å². The molecule has 1 aliphatic rings. The van der Waals surface area contributed by atoms with Crippen molar-refractivity contribution in [2.45, 2.75) is 19.7 Å². The molecule has 4 rings (SSSR count). The summed E-state index contributed by atoms with van der Waals surface area (Å²) in [5.41, 5.74) is 9.27. The molecular weight excluding hydrogens is 271 g/mol. The van der Waals surface area contributed by atoms with Gasteiger partial charge in [0.05, 0.1) is 11.2 Å². The van der Waals surface area contributed by atoms with Crippen LogP contribution in [-0.2, 0) is 6.42 Å². The first-order chi connectivity index (χ1) is 10.1. The molecule has 3 heterocycles. The van der Waals surface area contributed by atoms with Gasteiger partial charge in [-0.3, -0.25) is 4.40 Å². The highest BCUT2D eigenvalue weighted by Gasteiger charge is 2.26. The number of aryl methyl sites for hydroxylation is 1. The Morgan fingerprint density at radius 2 is 2.24 bits per heavy atom. The number of alkyl halides is 1. The molecule has 0 fully saturated rings. The van der Waals surface area contributed by atoms with Crippen LogP contribution >= 0.6 is 0 Å². The molecule has 5 nitrogen and oxygen atoms in total. The fourth-order valence-corrected chi connectivity index (χ4v) is 2.88. The number of aromatic nitrogens is 3. The summed E-state index contributed by atoms with van der Waals surface area (Å²) in [5, 5.41) is 0. The highest BCUT2D eigenvalue weighted by atomic mass is 19.1. The number of imidazole rings is 1. The van der Waals surface area contributed by atoms with Gasteiger partial charge in [-0.25, -0.2) is 14.4 Å². The van der Waals surface area contributed by atoms with Gasteiger partial charge in [-0.1, -0.05) is 12.1 Å². The highest BCUT2D eigenvalue weighted by Crippen LogP contribution is 2.38. The lowest BCUT2D eigenvalue weighted by Crippen LogP contribution is -2.03. The molecule has 1 atom stereocenters. The summed E-state index contributed by atoms with van der Waals surface area (Å²) < 4.78 is 20.5. The second-order valence-electron chi connectivity index (χ2n) is 5.05. The SMILES string of the molecule is Cc1nc(-c2cccc3c2CC(F)O3)c2ccnc(N)n12. The molecule has 0 aliphatic carbocycles. The third-order valence-corrected chi connectivity index (χ3v) is 3.76. The van der Waals surface area contributed by atoms with E-state index in [2.05, 4.69) is 9.97 Å². The minimum atomic E-state index is -1.29. The van der Waals surface area contributed by atoms with Crippen molar-refractivity contribution in [3.63, 3.8) is 0 Å². The maximum atomic E-state index is 13.5. The van der Waals surface area contributed by atoms with E-state index < -0.39 is 6.36 Å². The number of nitrogen functional groups attached to an aromatic ring is 1. The Labute approximate surface area is 120 Å². The average Bonchev–Trinajstić information content (AvgIpc) is 2.99. The van der Waals surface area contributed by atoms with Crippen molar-refractivity contribution in [1.82, 2.24) is 14.4 Å². The zero-order valence-electron chi connectivity index (χ0n) is 11.4. The first kappa shape index (κ1) is 12.1. The first-order valence-electron chi connectivity index (χ1n) is 6.67. The van der Waals surface area contributed by atoms with Gasteiger partial charge in [0, 0.05) is 23.7 Å². The second-order valence-corrected chi connectivity index (χ2v) is 5.05. The Morgan fingerprint density at radius 3 is 3.10 bits per heavy atom. The van der Waals surface area contributed by atoms with Gasteiger partial charge in [0.1, 0.15) is 11.6 Å². The van der Waals surface area contributed by atoms with E-state index in [4.69, 9.17) is 10.5 Å². The third-order valence-electron chi connectivity index (χ3n) is 3.76. The van der Waals surface area contributed by atoms with Crippen LogP contribution in [0.4, 0.5) is 10.3 Å². The van der Waals surface area contributed by atoms with Crippen LogP contribution in [0.25, 0.3) is 16.8 Å². The molecule has 0 saturated carbocycles. The zero-order chi connectivity index (χ0) is 14.6. The molecule has 0 radical (unpaired) electrons. The van der Waals surface area contributed by atoms with Crippen molar-refractivity contribution >= 4 is 11.5 Å². The van der Waals surface area contributed by atoms with E-state index in [0.717, 1.165) is 28.2 Å². The number of fused-ring (bicyclic) bond motifs is 2. The molecule has 3 aromatic rings. The molecule has 21 heavy (non-hydrogen) atoms. The van der Waals surface area contributed by atoms with E-state index in [1.54, 1.807) is 16.7 Å². The lowest BCUT2D eigenvalue weighted by molar-refractivity contribution is 0.0911. The summed E-state index contributed by atoms with van der Waals surface area (Å²) in [7, 11) is 0. The van der Waals surface area contributed by atoms with Gasteiger partial charge in [0.2, 0.25) is 12.3 Å². The third kappa shape index (κ3) is 1.68. The van der Waals surface area contributed by atoms with E-state index in [1.807, 2.05) is 25.1 Å². The fourth-order valence-electron chi connectivity index (χ4n) is 2.88. The number of halogens is 1. The fraction of sp³-hybridized carbons (Fsp3) is 0.200. The number of ether oxygens (including phenoxy) is 1. The molecule has 106 valence electrons. The normalized spacial score (nSPS) is 17.0. The van der Waals surface area contributed by atoms with Crippen LogP contribution in [0.15, 0.2) is 30.5 Å². The maximum Gasteiger partial charge on any atom is 0.242 e. The Hall–Kier alpha value is -2.63. The van der Waals surface area contributed by atoms with Gasteiger partial charge in [0.25, 0.3) is 0 Å². The predicted molar refractivity (Wildman–Crippen MR) is 76.8 cm³/mol. The van der Waals surface area contributed by atoms with Crippen LogP contribution in [0.2, 0.25) is 0 Å². The molecule has 0 saturated heterocycles. The quantitative estimate of drug-likeness (QED) is 0.745. The van der Waals surface area contributed by atoms with E-state index in [0.29, 0.717) is 11.7 Å². The van der Waals surface area contributed by atoms with Gasteiger partial charge in [0.15, 0.2) is 0 Å². The van der Waals surface area contributed by atoms with Crippen LogP contribution in [0, 0.1) is 6.92 Å². The van der Waals surface area contributed by atoms with E-state index in [-0.39, 0.29) is 6.42 Å². The predicted octanol–water partition coefficient (Wildman–Crippen LogP) is 2.52. The summed E-state index contributed by atoms with van der Waals surface area (Å²) >= 11 is 0. The van der Waals surface area contributed by atoms with Crippen LogP contribution < -0.4 is 10.5 Å². The molecule has 1 aromatic carbocycles. The maximum absolute atomic E-state index is 13.5. The smallest absolute Gasteiger partial charge is 0.242 e. The van der Waals surface area contributed by atoms with Crippen molar-refractivity contribution in [3.05, 3.63) is 41.9 Å². The first-order valence-corrected chi connectivity index (χ1v) is 6.67. The molecule has 0 spiro atoms. The molecule has 0 amide bonds. The van der Waals surface area contributed by atoms with Crippen molar-refractivity contribution < 1.29 is 9.13 Å². The lowest BCUT2D eigenvalue weighted by Gasteiger charge is -2.05. The topological polar surface area (TPSA) is 65.4 Å². The number of benzene rings is 1. The highest BCUT2D eigenvalue weighted by molar-refractivity contribution is 5.82. The largest absolute Gasteiger partial charge is 0.460 e. The number of hydrogen-bond donors (Lipinski definition) is 1. The van der Waals surface area contributed by atoms with E-state index >= 15 is 0 Å². The monoisotopic (exact) mass is 284 g/mol. The number of nitrogens with zero attached hydrogens (tertiary/aromatic N) is 3. The summed E-state index contributed by atoms with van der Waals surface area (Å²) in [6, 6.07) is 7.41. The molecular formula is C15H13FN4O.